The van der Waals surface area contributed by atoms with E-state index < -0.39 is 0 Å². The first-order valence-electron chi connectivity index (χ1n) is 8.63. The normalized spacial score (nSPS) is 13.2. The maximum Gasteiger partial charge on any atom is 0.156 e. The van der Waals surface area contributed by atoms with Crippen LogP contribution in [0.15, 0.2) is 52.9 Å². The van der Waals surface area contributed by atoms with Crippen LogP contribution in [-0.2, 0) is 6.42 Å². The fraction of sp³-hybridized carbons (Fsp3) is 0.190. The van der Waals surface area contributed by atoms with Gasteiger partial charge in [-0.05, 0) is 49.6 Å². The van der Waals surface area contributed by atoms with Gasteiger partial charge in [-0.15, -0.1) is 0 Å². The Bertz CT molecular complexity index is 1070. The van der Waals surface area contributed by atoms with Gasteiger partial charge in [-0.25, -0.2) is 4.68 Å². The first-order valence-corrected chi connectivity index (χ1v) is 8.63. The van der Waals surface area contributed by atoms with Crippen molar-refractivity contribution in [2.45, 2.75) is 20.3 Å². The van der Waals surface area contributed by atoms with Crippen LogP contribution < -0.4 is 5.32 Å². The van der Waals surface area contributed by atoms with Crippen LogP contribution in [0.25, 0.3) is 28.1 Å². The summed E-state index contributed by atoms with van der Waals surface area (Å²) in [5.74, 6) is 1.93. The first-order chi connectivity index (χ1) is 12.2. The summed E-state index contributed by atoms with van der Waals surface area (Å²) in [7, 11) is 0. The van der Waals surface area contributed by atoms with Gasteiger partial charge in [0.25, 0.3) is 0 Å². The van der Waals surface area contributed by atoms with Gasteiger partial charge in [-0.2, -0.15) is 5.10 Å². The number of anilines is 1. The van der Waals surface area contributed by atoms with E-state index in [1.165, 1.54) is 16.7 Å². The molecule has 0 saturated heterocycles. The molecule has 1 aliphatic heterocycles. The predicted octanol–water partition coefficient (Wildman–Crippen LogP) is 4.87. The minimum absolute atomic E-state index is 0.838. The molecule has 4 nitrogen and oxygen atoms in total. The van der Waals surface area contributed by atoms with Crippen molar-refractivity contribution in [3.63, 3.8) is 0 Å². The zero-order chi connectivity index (χ0) is 17.0. The highest BCUT2D eigenvalue weighted by Gasteiger charge is 2.26. The minimum atomic E-state index is 0.838. The largest absolute Gasteiger partial charge is 0.454 e. The molecular weight excluding hydrogens is 310 g/mol. The van der Waals surface area contributed by atoms with Gasteiger partial charge in [0, 0.05) is 17.5 Å². The lowest BCUT2D eigenvalue weighted by molar-refractivity contribution is 0.626. The van der Waals surface area contributed by atoms with Crippen LogP contribution in [0.2, 0.25) is 0 Å². The summed E-state index contributed by atoms with van der Waals surface area (Å²) in [5, 5.41) is 9.54. The van der Waals surface area contributed by atoms with Crippen molar-refractivity contribution < 1.29 is 4.42 Å². The van der Waals surface area contributed by atoms with E-state index in [1.807, 2.05) is 22.9 Å². The van der Waals surface area contributed by atoms with E-state index in [2.05, 4.69) is 49.5 Å². The average molecular weight is 329 g/mol. The van der Waals surface area contributed by atoms with E-state index in [0.29, 0.717) is 0 Å². The third-order valence-electron chi connectivity index (χ3n) is 4.90. The fourth-order valence-corrected chi connectivity index (χ4v) is 3.59. The highest BCUT2D eigenvalue weighted by Crippen LogP contribution is 2.37. The van der Waals surface area contributed by atoms with Gasteiger partial charge < -0.3 is 9.73 Å². The van der Waals surface area contributed by atoms with Crippen LogP contribution in [0, 0.1) is 13.8 Å². The summed E-state index contributed by atoms with van der Waals surface area (Å²) in [6.45, 7) is 5.17. The molecule has 0 radical (unpaired) electrons. The number of furan rings is 1. The second-order valence-electron chi connectivity index (χ2n) is 6.70. The molecule has 0 fully saturated rings. The zero-order valence-electron chi connectivity index (χ0n) is 14.3. The van der Waals surface area contributed by atoms with Crippen LogP contribution in [0.3, 0.4) is 0 Å². The van der Waals surface area contributed by atoms with E-state index in [4.69, 9.17) is 9.52 Å². The van der Waals surface area contributed by atoms with Crippen molar-refractivity contribution in [3.8, 4) is 17.1 Å². The maximum atomic E-state index is 6.08. The zero-order valence-corrected chi connectivity index (χ0v) is 14.3. The number of aryl methyl sites for hydroxylation is 2. The summed E-state index contributed by atoms with van der Waals surface area (Å²) in [6.07, 6.45) is 0.965. The Balaban J connectivity index is 1.73. The van der Waals surface area contributed by atoms with Gasteiger partial charge in [-0.1, -0.05) is 30.3 Å². The van der Waals surface area contributed by atoms with Crippen molar-refractivity contribution in [1.29, 1.82) is 0 Å². The summed E-state index contributed by atoms with van der Waals surface area (Å²) in [5.41, 5.74) is 6.64. The second-order valence-corrected chi connectivity index (χ2v) is 6.70. The standard InChI is InChI=1S/C21H19N3O/c1-13-7-8-14(2)17(11-13)24-21-16(9-10-22-21)20(23-24)19-12-15-5-3-4-6-18(15)25-19/h3-8,11-12,22H,9-10H2,1-2H3. The van der Waals surface area contributed by atoms with Crippen LogP contribution in [0.5, 0.6) is 0 Å². The Morgan fingerprint density at radius 3 is 2.84 bits per heavy atom. The molecule has 124 valence electrons. The van der Waals surface area contributed by atoms with Gasteiger partial charge >= 0.3 is 0 Å². The topological polar surface area (TPSA) is 43.0 Å². The molecule has 0 saturated carbocycles. The Kier molecular flexibility index (Phi) is 3.01. The van der Waals surface area contributed by atoms with E-state index in [0.717, 1.165) is 46.9 Å². The Labute approximate surface area is 146 Å². The SMILES string of the molecule is Cc1ccc(C)c(-n2nc(-c3cc4ccccc4o3)c3c2NCC3)c1. The Morgan fingerprint density at radius 2 is 1.96 bits per heavy atom. The molecule has 2 aromatic carbocycles. The molecule has 0 atom stereocenters. The smallest absolute Gasteiger partial charge is 0.156 e. The molecule has 25 heavy (non-hydrogen) atoms. The van der Waals surface area contributed by atoms with Crippen molar-refractivity contribution in [2.24, 2.45) is 0 Å². The third kappa shape index (κ3) is 2.18. The molecule has 5 rings (SSSR count). The highest BCUT2D eigenvalue weighted by molar-refractivity contribution is 5.83. The van der Waals surface area contributed by atoms with Gasteiger partial charge in [0.05, 0.1) is 5.69 Å². The van der Waals surface area contributed by atoms with Crippen molar-refractivity contribution >= 4 is 16.8 Å². The van der Waals surface area contributed by atoms with Gasteiger partial charge in [0.15, 0.2) is 5.76 Å². The molecule has 4 aromatic rings. The number of benzene rings is 2. The Hall–Kier alpha value is -3.01. The van der Waals surface area contributed by atoms with Gasteiger partial charge in [0.1, 0.15) is 17.1 Å². The molecule has 0 spiro atoms. The predicted molar refractivity (Wildman–Crippen MR) is 100 cm³/mol. The molecule has 0 bridgehead atoms. The van der Waals surface area contributed by atoms with Crippen LogP contribution in [0.1, 0.15) is 16.7 Å². The van der Waals surface area contributed by atoms with Crippen molar-refractivity contribution in [3.05, 3.63) is 65.2 Å². The molecule has 2 aromatic heterocycles. The molecule has 0 aliphatic carbocycles. The fourth-order valence-electron chi connectivity index (χ4n) is 3.59. The number of hydrogen-bond acceptors (Lipinski definition) is 3. The first kappa shape index (κ1) is 14.3. The average Bonchev–Trinajstić information content (AvgIpc) is 3.30. The van der Waals surface area contributed by atoms with E-state index in [1.54, 1.807) is 0 Å². The van der Waals surface area contributed by atoms with Crippen LogP contribution in [0.4, 0.5) is 5.82 Å². The summed E-state index contributed by atoms with van der Waals surface area (Å²) < 4.78 is 8.11. The van der Waals surface area contributed by atoms with Crippen molar-refractivity contribution in [1.82, 2.24) is 9.78 Å². The lowest BCUT2D eigenvalue weighted by Crippen LogP contribution is -2.06. The summed E-state index contributed by atoms with van der Waals surface area (Å²) in [4.78, 5) is 0. The lowest BCUT2D eigenvalue weighted by Gasteiger charge is -2.10. The van der Waals surface area contributed by atoms with E-state index >= 15 is 0 Å². The molecule has 0 amide bonds. The number of para-hydroxylation sites is 1. The number of hydrogen-bond donors (Lipinski definition) is 1. The molecule has 1 aliphatic rings. The summed E-state index contributed by atoms with van der Waals surface area (Å²) in [6, 6.07) is 16.7. The van der Waals surface area contributed by atoms with Crippen molar-refractivity contribution in [2.75, 3.05) is 11.9 Å². The van der Waals surface area contributed by atoms with Crippen LogP contribution >= 0.6 is 0 Å². The van der Waals surface area contributed by atoms with Gasteiger partial charge in [-0.3, -0.25) is 0 Å². The Morgan fingerprint density at radius 1 is 1.08 bits per heavy atom. The molecular formula is C21H19N3O. The lowest BCUT2D eigenvalue weighted by atomic mass is 10.1. The second kappa shape index (κ2) is 5.24. The third-order valence-corrected chi connectivity index (χ3v) is 4.90. The summed E-state index contributed by atoms with van der Waals surface area (Å²) >= 11 is 0. The number of nitrogens with zero attached hydrogens (tertiary/aromatic N) is 2. The maximum absolute atomic E-state index is 6.08. The quantitative estimate of drug-likeness (QED) is 0.570. The molecule has 1 N–H and O–H groups in total. The molecule has 0 unspecified atom stereocenters. The number of rotatable bonds is 2. The minimum Gasteiger partial charge on any atom is -0.454 e. The molecule has 3 heterocycles. The monoisotopic (exact) mass is 329 g/mol. The molecule has 4 heteroatoms. The van der Waals surface area contributed by atoms with E-state index in [9.17, 15) is 0 Å². The van der Waals surface area contributed by atoms with E-state index in [-0.39, 0.29) is 0 Å². The highest BCUT2D eigenvalue weighted by atomic mass is 16.3. The van der Waals surface area contributed by atoms with Gasteiger partial charge in [0.2, 0.25) is 0 Å². The van der Waals surface area contributed by atoms with Crippen LogP contribution in [-0.4, -0.2) is 16.3 Å². The number of fused-ring (bicyclic) bond motifs is 2. The number of aromatic nitrogens is 2. The number of nitrogens with one attached hydrogen (secondary N) is 1.